The van der Waals surface area contributed by atoms with Crippen LogP contribution >= 0.6 is 27.3 Å². The van der Waals surface area contributed by atoms with Crippen molar-refractivity contribution in [1.82, 2.24) is 5.32 Å². The highest BCUT2D eigenvalue weighted by Crippen LogP contribution is 2.19. The van der Waals surface area contributed by atoms with E-state index in [-0.39, 0.29) is 12.6 Å². The summed E-state index contributed by atoms with van der Waals surface area (Å²) < 4.78 is 1.13. The van der Waals surface area contributed by atoms with E-state index in [2.05, 4.69) is 32.7 Å². The fourth-order valence-corrected chi connectivity index (χ4v) is 2.19. The van der Waals surface area contributed by atoms with E-state index in [9.17, 15) is 0 Å². The largest absolute Gasteiger partial charge is 0.395 e. The summed E-state index contributed by atoms with van der Waals surface area (Å²) in [4.78, 5) is 1.28. The standard InChI is InChI=1S/C8H12BrNOS/c1-6(4-11)10-3-8-2-7(9)5-12-8/h2,5-6,10-11H,3-4H2,1H3/t6-/m1/s1. The van der Waals surface area contributed by atoms with Crippen LogP contribution in [0.2, 0.25) is 0 Å². The van der Waals surface area contributed by atoms with Crippen molar-refractivity contribution in [1.29, 1.82) is 0 Å². The summed E-state index contributed by atoms with van der Waals surface area (Å²) in [5, 5.41) is 14.0. The third-order valence-electron chi connectivity index (χ3n) is 1.52. The van der Waals surface area contributed by atoms with Crippen LogP contribution in [0.5, 0.6) is 0 Å². The van der Waals surface area contributed by atoms with Crippen LogP contribution in [0, 0.1) is 0 Å². The minimum Gasteiger partial charge on any atom is -0.395 e. The van der Waals surface area contributed by atoms with Gasteiger partial charge in [0.2, 0.25) is 0 Å². The van der Waals surface area contributed by atoms with E-state index in [0.717, 1.165) is 11.0 Å². The Morgan fingerprint density at radius 1 is 1.75 bits per heavy atom. The molecule has 0 amide bonds. The monoisotopic (exact) mass is 249 g/mol. The first-order valence-electron chi connectivity index (χ1n) is 3.79. The molecule has 2 nitrogen and oxygen atoms in total. The van der Waals surface area contributed by atoms with Gasteiger partial charge in [-0.2, -0.15) is 0 Å². The maximum absolute atomic E-state index is 8.75. The lowest BCUT2D eigenvalue weighted by Crippen LogP contribution is -2.28. The zero-order valence-electron chi connectivity index (χ0n) is 6.88. The molecule has 0 aliphatic rings. The van der Waals surface area contributed by atoms with Gasteiger partial charge in [-0.05, 0) is 28.9 Å². The lowest BCUT2D eigenvalue weighted by Gasteiger charge is -2.08. The van der Waals surface area contributed by atoms with Crippen molar-refractivity contribution in [3.63, 3.8) is 0 Å². The smallest absolute Gasteiger partial charge is 0.0582 e. The van der Waals surface area contributed by atoms with Gasteiger partial charge < -0.3 is 10.4 Å². The van der Waals surface area contributed by atoms with Gasteiger partial charge in [-0.15, -0.1) is 11.3 Å². The molecule has 1 aromatic rings. The van der Waals surface area contributed by atoms with Crippen molar-refractivity contribution < 1.29 is 5.11 Å². The van der Waals surface area contributed by atoms with E-state index in [4.69, 9.17) is 5.11 Å². The summed E-state index contributed by atoms with van der Waals surface area (Å²) in [6.45, 7) is 2.98. The molecule has 1 aromatic heterocycles. The molecular formula is C8H12BrNOS. The third kappa shape index (κ3) is 3.23. The minimum atomic E-state index is 0.172. The summed E-state index contributed by atoms with van der Waals surface area (Å²) in [5.74, 6) is 0. The Kier molecular flexibility index (Phi) is 4.21. The molecule has 0 aromatic carbocycles. The van der Waals surface area contributed by atoms with E-state index < -0.39 is 0 Å². The number of halogens is 1. The van der Waals surface area contributed by atoms with Crippen LogP contribution in [0.25, 0.3) is 0 Å². The first-order valence-corrected chi connectivity index (χ1v) is 5.47. The topological polar surface area (TPSA) is 32.3 Å². The van der Waals surface area contributed by atoms with Crippen molar-refractivity contribution in [3.05, 3.63) is 20.8 Å². The minimum absolute atomic E-state index is 0.172. The van der Waals surface area contributed by atoms with E-state index in [1.54, 1.807) is 11.3 Å². The Labute approximate surface area is 84.7 Å². The number of hydrogen-bond donors (Lipinski definition) is 2. The normalized spacial score (nSPS) is 13.2. The van der Waals surface area contributed by atoms with Crippen LogP contribution in [-0.4, -0.2) is 17.8 Å². The second-order valence-corrected chi connectivity index (χ2v) is 4.61. The second kappa shape index (κ2) is 4.97. The number of aliphatic hydroxyl groups is 1. The fraction of sp³-hybridized carbons (Fsp3) is 0.500. The Hall–Kier alpha value is 0.1000. The van der Waals surface area contributed by atoms with E-state index in [1.165, 1.54) is 4.88 Å². The van der Waals surface area contributed by atoms with E-state index in [0.29, 0.717) is 0 Å². The lowest BCUT2D eigenvalue weighted by atomic mass is 10.3. The van der Waals surface area contributed by atoms with Crippen molar-refractivity contribution in [2.24, 2.45) is 0 Å². The van der Waals surface area contributed by atoms with Gasteiger partial charge in [0.15, 0.2) is 0 Å². The predicted molar refractivity (Wildman–Crippen MR) is 55.4 cm³/mol. The number of rotatable bonds is 4. The van der Waals surface area contributed by atoms with Gasteiger partial charge in [0.25, 0.3) is 0 Å². The molecule has 2 N–H and O–H groups in total. The predicted octanol–water partition coefficient (Wildman–Crippen LogP) is 1.98. The lowest BCUT2D eigenvalue weighted by molar-refractivity contribution is 0.251. The zero-order chi connectivity index (χ0) is 8.97. The van der Waals surface area contributed by atoms with Crippen molar-refractivity contribution in [2.45, 2.75) is 19.5 Å². The van der Waals surface area contributed by atoms with Crippen LogP contribution in [-0.2, 0) is 6.54 Å². The number of thiophene rings is 1. The number of hydrogen-bond acceptors (Lipinski definition) is 3. The van der Waals surface area contributed by atoms with Crippen LogP contribution in [0.1, 0.15) is 11.8 Å². The van der Waals surface area contributed by atoms with Crippen molar-refractivity contribution in [3.8, 4) is 0 Å². The summed E-state index contributed by atoms with van der Waals surface area (Å²) in [6, 6.07) is 2.26. The Bertz CT molecular complexity index is 239. The molecule has 0 aliphatic carbocycles. The zero-order valence-corrected chi connectivity index (χ0v) is 9.28. The molecular weight excluding hydrogens is 238 g/mol. The molecule has 12 heavy (non-hydrogen) atoms. The number of nitrogens with one attached hydrogen (secondary N) is 1. The van der Waals surface area contributed by atoms with E-state index in [1.807, 2.05) is 6.92 Å². The van der Waals surface area contributed by atoms with Gasteiger partial charge in [0, 0.05) is 27.3 Å². The van der Waals surface area contributed by atoms with Crippen LogP contribution < -0.4 is 5.32 Å². The first-order chi connectivity index (χ1) is 5.72. The second-order valence-electron chi connectivity index (χ2n) is 2.70. The SMILES string of the molecule is C[C@H](CO)NCc1cc(Br)cs1. The van der Waals surface area contributed by atoms with Gasteiger partial charge in [-0.3, -0.25) is 0 Å². The summed E-state index contributed by atoms with van der Waals surface area (Å²) >= 11 is 5.10. The molecule has 0 fully saturated rings. The van der Waals surface area contributed by atoms with Crippen LogP contribution in [0.4, 0.5) is 0 Å². The molecule has 1 rings (SSSR count). The fourth-order valence-electron chi connectivity index (χ4n) is 0.786. The average Bonchev–Trinajstić information content (AvgIpc) is 2.47. The van der Waals surface area contributed by atoms with Gasteiger partial charge in [-0.1, -0.05) is 0 Å². The Balaban J connectivity index is 2.33. The van der Waals surface area contributed by atoms with Gasteiger partial charge in [-0.25, -0.2) is 0 Å². The van der Waals surface area contributed by atoms with Crippen LogP contribution in [0.3, 0.4) is 0 Å². The highest BCUT2D eigenvalue weighted by Gasteiger charge is 2.00. The van der Waals surface area contributed by atoms with Crippen molar-refractivity contribution in [2.75, 3.05) is 6.61 Å². The molecule has 0 spiro atoms. The number of aliphatic hydroxyl groups excluding tert-OH is 1. The summed E-state index contributed by atoms with van der Waals surface area (Å²) in [7, 11) is 0. The molecule has 1 heterocycles. The highest BCUT2D eigenvalue weighted by atomic mass is 79.9. The maximum Gasteiger partial charge on any atom is 0.0582 e. The average molecular weight is 250 g/mol. The first kappa shape index (κ1) is 10.2. The molecule has 0 saturated carbocycles. The molecule has 0 bridgehead atoms. The Morgan fingerprint density at radius 2 is 2.50 bits per heavy atom. The van der Waals surface area contributed by atoms with E-state index >= 15 is 0 Å². The summed E-state index contributed by atoms with van der Waals surface area (Å²) in [6.07, 6.45) is 0. The highest BCUT2D eigenvalue weighted by molar-refractivity contribution is 9.10. The quantitative estimate of drug-likeness (QED) is 0.856. The van der Waals surface area contributed by atoms with Crippen molar-refractivity contribution >= 4 is 27.3 Å². The molecule has 0 aliphatic heterocycles. The van der Waals surface area contributed by atoms with Gasteiger partial charge in [0.05, 0.1) is 6.61 Å². The molecule has 68 valence electrons. The van der Waals surface area contributed by atoms with Crippen LogP contribution in [0.15, 0.2) is 15.9 Å². The van der Waals surface area contributed by atoms with Gasteiger partial charge >= 0.3 is 0 Å². The Morgan fingerprint density at radius 3 is 3.00 bits per heavy atom. The maximum atomic E-state index is 8.75. The third-order valence-corrected chi connectivity index (χ3v) is 3.22. The molecule has 0 saturated heterocycles. The molecule has 4 heteroatoms. The van der Waals surface area contributed by atoms with Gasteiger partial charge in [0.1, 0.15) is 0 Å². The molecule has 0 radical (unpaired) electrons. The molecule has 1 atom stereocenters. The molecule has 0 unspecified atom stereocenters. The summed E-state index contributed by atoms with van der Waals surface area (Å²) in [5.41, 5.74) is 0.